The third-order valence-electron chi connectivity index (χ3n) is 0.537. The van der Waals surface area contributed by atoms with E-state index in [2.05, 4.69) is 4.83 Å². The molecule has 4 heteroatoms. The fourth-order valence-electron chi connectivity index (χ4n) is 0.263. The second-order valence-electron chi connectivity index (χ2n) is 0.964. The average molecular weight is 113 g/mol. The number of nitrogens with one attached hydrogen (secondary N) is 1. The zero-order valence-corrected chi connectivity index (χ0v) is 4.27. The van der Waals surface area contributed by atoms with Crippen molar-refractivity contribution in [2.24, 2.45) is 0 Å². The van der Waals surface area contributed by atoms with Gasteiger partial charge in [-0.25, -0.2) is 5.01 Å². The van der Waals surface area contributed by atoms with Crippen LogP contribution in [-0.2, 0) is 0 Å². The molecule has 36 valence electrons. The molecule has 0 amide bonds. The summed E-state index contributed by atoms with van der Waals surface area (Å²) < 4.78 is 0. The molecule has 0 aromatic carbocycles. The van der Waals surface area contributed by atoms with Gasteiger partial charge >= 0.3 is 0 Å². The Morgan fingerprint density at radius 3 is 3.00 bits per heavy atom. The first kappa shape index (κ1) is 4.50. The Kier molecular flexibility index (Phi) is 1.20. The smallest absolute Gasteiger partial charge is 0.200 e. The standard InChI is InChI=1S/C3H3N3S/c4-3-6-1-2-7-5-6/h1-2,5H. The number of hydrazine groups is 1. The fraction of sp³-hybridized carbons (Fsp3) is 0. The number of hydrogen-bond acceptors (Lipinski definition) is 4. The largest absolute Gasteiger partial charge is 0.209 e. The summed E-state index contributed by atoms with van der Waals surface area (Å²) in [5.41, 5.74) is 0. The minimum absolute atomic E-state index is 1.32. The molecule has 0 aliphatic carbocycles. The summed E-state index contributed by atoms with van der Waals surface area (Å²) in [6, 6.07) is 0. The molecule has 3 nitrogen and oxygen atoms in total. The van der Waals surface area contributed by atoms with Crippen LogP contribution in [0.25, 0.3) is 0 Å². The Balaban J connectivity index is 2.47. The Morgan fingerprint density at radius 1 is 1.86 bits per heavy atom. The monoisotopic (exact) mass is 113 g/mol. The van der Waals surface area contributed by atoms with Gasteiger partial charge in [0.1, 0.15) is 0 Å². The van der Waals surface area contributed by atoms with E-state index < -0.39 is 0 Å². The third kappa shape index (κ3) is 0.856. The van der Waals surface area contributed by atoms with Crippen molar-refractivity contribution in [3.05, 3.63) is 11.6 Å². The Morgan fingerprint density at radius 2 is 2.71 bits per heavy atom. The van der Waals surface area contributed by atoms with Gasteiger partial charge in [0.05, 0.1) is 0 Å². The second kappa shape index (κ2) is 1.87. The quantitative estimate of drug-likeness (QED) is 0.364. The van der Waals surface area contributed by atoms with Crippen LogP contribution in [0.4, 0.5) is 0 Å². The van der Waals surface area contributed by atoms with Gasteiger partial charge in [-0.1, -0.05) is 0 Å². The van der Waals surface area contributed by atoms with E-state index in [9.17, 15) is 0 Å². The van der Waals surface area contributed by atoms with E-state index in [1.165, 1.54) is 17.0 Å². The highest BCUT2D eigenvalue weighted by Gasteiger charge is 1.97. The lowest BCUT2D eigenvalue weighted by molar-refractivity contribution is 0.516. The number of nitriles is 1. The number of hydrogen-bond donors (Lipinski definition) is 1. The average Bonchev–Trinajstić information content (AvgIpc) is 2.14. The van der Waals surface area contributed by atoms with Crippen LogP contribution >= 0.6 is 11.9 Å². The van der Waals surface area contributed by atoms with Crippen molar-refractivity contribution in [3.8, 4) is 6.19 Å². The molecule has 0 radical (unpaired) electrons. The molecule has 1 aliphatic heterocycles. The summed E-state index contributed by atoms with van der Waals surface area (Å²) in [4.78, 5) is 2.68. The molecule has 7 heavy (non-hydrogen) atoms. The fourth-order valence-corrected chi connectivity index (χ4v) is 0.721. The molecule has 1 N–H and O–H groups in total. The third-order valence-corrected chi connectivity index (χ3v) is 1.10. The van der Waals surface area contributed by atoms with Crippen LogP contribution in [0.1, 0.15) is 0 Å². The van der Waals surface area contributed by atoms with Gasteiger partial charge in [0.25, 0.3) is 0 Å². The van der Waals surface area contributed by atoms with E-state index >= 15 is 0 Å². The first-order chi connectivity index (χ1) is 3.43. The van der Waals surface area contributed by atoms with Crippen LogP contribution in [-0.4, -0.2) is 5.01 Å². The van der Waals surface area contributed by atoms with Crippen molar-refractivity contribution in [1.82, 2.24) is 9.84 Å². The maximum atomic E-state index is 8.11. The first-order valence-corrected chi connectivity index (χ1v) is 2.58. The molecule has 0 saturated carbocycles. The summed E-state index contributed by atoms with van der Waals surface area (Å²) in [5.74, 6) is 0. The van der Waals surface area contributed by atoms with Gasteiger partial charge in [-0.2, -0.15) is 10.1 Å². The molecule has 0 atom stereocenters. The molecule has 0 spiro atoms. The second-order valence-corrected chi connectivity index (χ2v) is 1.65. The molecule has 0 bridgehead atoms. The maximum Gasteiger partial charge on any atom is 0.200 e. The van der Waals surface area contributed by atoms with Crippen molar-refractivity contribution in [2.45, 2.75) is 0 Å². The van der Waals surface area contributed by atoms with Crippen molar-refractivity contribution >= 4 is 11.9 Å². The molecule has 1 aliphatic rings. The van der Waals surface area contributed by atoms with Gasteiger partial charge in [-0.15, -0.1) is 0 Å². The highest BCUT2D eigenvalue weighted by Crippen LogP contribution is 2.05. The molecule has 0 aromatic rings. The lowest BCUT2D eigenvalue weighted by Crippen LogP contribution is -2.16. The molecule has 1 rings (SSSR count). The number of nitrogens with zero attached hydrogens (tertiary/aromatic N) is 2. The van der Waals surface area contributed by atoms with Crippen LogP contribution in [0.5, 0.6) is 0 Å². The zero-order chi connectivity index (χ0) is 5.11. The predicted molar refractivity (Wildman–Crippen MR) is 27.3 cm³/mol. The van der Waals surface area contributed by atoms with E-state index in [-0.39, 0.29) is 0 Å². The normalized spacial score (nSPS) is 17.3. The van der Waals surface area contributed by atoms with E-state index in [1.807, 2.05) is 6.19 Å². The topological polar surface area (TPSA) is 39.1 Å². The Hall–Kier alpha value is -0.660. The van der Waals surface area contributed by atoms with Crippen LogP contribution in [0.15, 0.2) is 11.6 Å². The van der Waals surface area contributed by atoms with E-state index in [4.69, 9.17) is 5.26 Å². The van der Waals surface area contributed by atoms with E-state index in [0.29, 0.717) is 0 Å². The van der Waals surface area contributed by atoms with Gasteiger partial charge in [0.15, 0.2) is 0 Å². The molecule has 0 aromatic heterocycles. The summed E-state index contributed by atoms with van der Waals surface area (Å²) in [6.07, 6.45) is 3.54. The van der Waals surface area contributed by atoms with Crippen LogP contribution in [0.2, 0.25) is 0 Å². The summed E-state index contributed by atoms with van der Waals surface area (Å²) in [6.45, 7) is 0. The highest BCUT2D eigenvalue weighted by atomic mass is 32.2. The van der Waals surface area contributed by atoms with E-state index in [0.717, 1.165) is 0 Å². The van der Waals surface area contributed by atoms with Crippen LogP contribution < -0.4 is 4.83 Å². The molecule has 0 fully saturated rings. The van der Waals surface area contributed by atoms with Crippen LogP contribution in [0.3, 0.4) is 0 Å². The maximum absolute atomic E-state index is 8.11. The first-order valence-electron chi connectivity index (χ1n) is 1.70. The van der Waals surface area contributed by atoms with Gasteiger partial charge < -0.3 is 0 Å². The van der Waals surface area contributed by atoms with Crippen molar-refractivity contribution in [1.29, 1.82) is 5.26 Å². The summed E-state index contributed by atoms with van der Waals surface area (Å²) in [5, 5.41) is 11.2. The molecule has 0 saturated heterocycles. The summed E-state index contributed by atoms with van der Waals surface area (Å²) >= 11 is 1.38. The van der Waals surface area contributed by atoms with Gasteiger partial charge in [-0.05, 0) is 11.9 Å². The Labute approximate surface area is 45.7 Å². The van der Waals surface area contributed by atoms with Gasteiger partial charge in [-0.3, -0.25) is 0 Å². The zero-order valence-electron chi connectivity index (χ0n) is 3.46. The van der Waals surface area contributed by atoms with Gasteiger partial charge in [0, 0.05) is 11.6 Å². The number of rotatable bonds is 0. The molecular weight excluding hydrogens is 110 g/mol. The molecular formula is C3H3N3S. The van der Waals surface area contributed by atoms with Crippen molar-refractivity contribution < 1.29 is 0 Å². The summed E-state index contributed by atoms with van der Waals surface area (Å²) in [7, 11) is 0. The van der Waals surface area contributed by atoms with E-state index in [1.54, 1.807) is 11.6 Å². The van der Waals surface area contributed by atoms with Crippen molar-refractivity contribution in [2.75, 3.05) is 0 Å². The lowest BCUT2D eigenvalue weighted by atomic mass is 10.9. The minimum atomic E-state index is 1.32. The Bertz CT molecular complexity index is 125. The van der Waals surface area contributed by atoms with Crippen molar-refractivity contribution in [3.63, 3.8) is 0 Å². The van der Waals surface area contributed by atoms with Gasteiger partial charge in [0.2, 0.25) is 6.19 Å². The SMILES string of the molecule is N#CN1C=CSN1. The lowest BCUT2D eigenvalue weighted by Gasteiger charge is -1.98. The molecule has 0 unspecified atom stereocenters. The molecule has 1 heterocycles. The van der Waals surface area contributed by atoms with Crippen LogP contribution in [0, 0.1) is 11.5 Å². The predicted octanol–water partition coefficient (Wildman–Crippen LogP) is 0.407. The minimum Gasteiger partial charge on any atom is -0.209 e. The highest BCUT2D eigenvalue weighted by molar-refractivity contribution is 8.00.